The van der Waals surface area contributed by atoms with E-state index in [2.05, 4.69) is 5.32 Å². The van der Waals surface area contributed by atoms with Crippen LogP contribution in [-0.4, -0.2) is 44.9 Å². The summed E-state index contributed by atoms with van der Waals surface area (Å²) in [6, 6.07) is 15.0. The quantitative estimate of drug-likeness (QED) is 0.842. The number of ether oxygens (including phenoxy) is 1. The largest absolute Gasteiger partial charge is 0.497 e. The molecule has 2 aromatic rings. The van der Waals surface area contributed by atoms with Crippen LogP contribution in [-0.2, 0) is 10.0 Å². The molecule has 26 heavy (non-hydrogen) atoms. The lowest BCUT2D eigenvalue weighted by atomic mass is 10.2. The molecular weight excluding hydrogens is 352 g/mol. The van der Waals surface area contributed by atoms with Crippen LogP contribution in [0.25, 0.3) is 0 Å². The Labute approximate surface area is 153 Å². The van der Waals surface area contributed by atoms with Gasteiger partial charge in [0.15, 0.2) is 0 Å². The van der Waals surface area contributed by atoms with Gasteiger partial charge in [0.25, 0.3) is 5.91 Å². The number of carbonyl (C=O) groups excluding carboxylic acids is 1. The highest BCUT2D eigenvalue weighted by Gasteiger charge is 2.35. The zero-order valence-electron chi connectivity index (χ0n) is 14.6. The van der Waals surface area contributed by atoms with Crippen LogP contribution in [0.2, 0.25) is 0 Å². The van der Waals surface area contributed by atoms with Gasteiger partial charge in [-0.05, 0) is 49.2 Å². The van der Waals surface area contributed by atoms with Crippen LogP contribution in [0.4, 0.5) is 0 Å². The van der Waals surface area contributed by atoms with Gasteiger partial charge in [-0.15, -0.1) is 0 Å². The van der Waals surface area contributed by atoms with E-state index in [-0.39, 0.29) is 23.4 Å². The van der Waals surface area contributed by atoms with Crippen molar-refractivity contribution < 1.29 is 17.9 Å². The predicted octanol–water partition coefficient (Wildman–Crippen LogP) is 2.28. The summed E-state index contributed by atoms with van der Waals surface area (Å²) in [5.74, 6) is 0.453. The van der Waals surface area contributed by atoms with E-state index < -0.39 is 10.0 Å². The number of hydrogen-bond acceptors (Lipinski definition) is 4. The number of amides is 1. The summed E-state index contributed by atoms with van der Waals surface area (Å²) in [5.41, 5.74) is 0.515. The van der Waals surface area contributed by atoms with Crippen LogP contribution in [0.5, 0.6) is 5.75 Å². The third kappa shape index (κ3) is 3.89. The average Bonchev–Trinajstić information content (AvgIpc) is 3.16. The summed E-state index contributed by atoms with van der Waals surface area (Å²) in [6.45, 7) is 0.761. The maximum atomic E-state index is 12.8. The molecule has 1 aliphatic rings. The Bertz CT molecular complexity index is 851. The molecule has 1 amide bonds. The number of carbonyl (C=O) groups is 1. The Hall–Kier alpha value is -2.38. The molecule has 1 atom stereocenters. The van der Waals surface area contributed by atoms with Crippen LogP contribution >= 0.6 is 0 Å². The predicted molar refractivity (Wildman–Crippen MR) is 98.7 cm³/mol. The van der Waals surface area contributed by atoms with E-state index in [0.29, 0.717) is 17.9 Å². The molecule has 0 spiro atoms. The van der Waals surface area contributed by atoms with Crippen LogP contribution in [0.15, 0.2) is 59.5 Å². The van der Waals surface area contributed by atoms with Crippen molar-refractivity contribution in [3.05, 3.63) is 60.2 Å². The maximum Gasteiger partial charge on any atom is 0.251 e. The molecule has 1 unspecified atom stereocenters. The molecular formula is C19H22N2O4S. The SMILES string of the molecule is COc1ccc(C(=O)NCC2CCCN2S(=O)(=O)c2ccccc2)cc1. The van der Waals surface area contributed by atoms with Gasteiger partial charge < -0.3 is 10.1 Å². The van der Waals surface area contributed by atoms with E-state index >= 15 is 0 Å². The fourth-order valence-corrected chi connectivity index (χ4v) is 4.83. The van der Waals surface area contributed by atoms with E-state index in [1.807, 2.05) is 0 Å². The summed E-state index contributed by atoms with van der Waals surface area (Å²) in [6.07, 6.45) is 1.52. The summed E-state index contributed by atoms with van der Waals surface area (Å²) < 4.78 is 32.2. The van der Waals surface area contributed by atoms with Gasteiger partial charge in [0.05, 0.1) is 12.0 Å². The number of rotatable bonds is 6. The molecule has 0 bridgehead atoms. The highest BCUT2D eigenvalue weighted by Crippen LogP contribution is 2.25. The zero-order chi connectivity index (χ0) is 18.6. The second-order valence-electron chi connectivity index (χ2n) is 6.16. The summed E-state index contributed by atoms with van der Waals surface area (Å²) in [7, 11) is -1.98. The minimum absolute atomic E-state index is 0.225. The number of nitrogens with zero attached hydrogens (tertiary/aromatic N) is 1. The Kier molecular flexibility index (Phi) is 5.58. The summed E-state index contributed by atoms with van der Waals surface area (Å²) >= 11 is 0. The number of hydrogen-bond donors (Lipinski definition) is 1. The number of methoxy groups -OCH3 is 1. The van der Waals surface area contributed by atoms with Crippen LogP contribution in [0.3, 0.4) is 0 Å². The normalized spacial score (nSPS) is 17.8. The van der Waals surface area contributed by atoms with Crippen LogP contribution in [0.1, 0.15) is 23.2 Å². The number of nitrogens with one attached hydrogen (secondary N) is 1. The molecule has 7 heteroatoms. The van der Waals surface area contributed by atoms with E-state index in [9.17, 15) is 13.2 Å². The van der Waals surface area contributed by atoms with E-state index in [1.54, 1.807) is 61.7 Å². The smallest absolute Gasteiger partial charge is 0.251 e. The van der Waals surface area contributed by atoms with Gasteiger partial charge in [0, 0.05) is 24.7 Å². The van der Waals surface area contributed by atoms with Crippen molar-refractivity contribution in [3.63, 3.8) is 0 Å². The van der Waals surface area contributed by atoms with E-state index in [4.69, 9.17) is 4.74 Å². The lowest BCUT2D eigenvalue weighted by molar-refractivity contribution is 0.0946. The molecule has 0 radical (unpaired) electrons. The molecule has 1 fully saturated rings. The minimum Gasteiger partial charge on any atom is -0.497 e. The Morgan fingerprint density at radius 2 is 1.85 bits per heavy atom. The fourth-order valence-electron chi connectivity index (χ4n) is 3.11. The molecule has 1 saturated heterocycles. The van der Waals surface area contributed by atoms with Gasteiger partial charge in [-0.25, -0.2) is 8.42 Å². The average molecular weight is 374 g/mol. The third-order valence-electron chi connectivity index (χ3n) is 4.52. The Morgan fingerprint density at radius 1 is 1.15 bits per heavy atom. The molecule has 0 aliphatic carbocycles. The highest BCUT2D eigenvalue weighted by atomic mass is 32.2. The first-order valence-electron chi connectivity index (χ1n) is 8.51. The Balaban J connectivity index is 1.66. The van der Waals surface area contributed by atoms with Crippen molar-refractivity contribution >= 4 is 15.9 Å². The first kappa shape index (κ1) is 18.4. The van der Waals surface area contributed by atoms with Crippen molar-refractivity contribution in [2.24, 2.45) is 0 Å². The molecule has 138 valence electrons. The highest BCUT2D eigenvalue weighted by molar-refractivity contribution is 7.89. The monoisotopic (exact) mass is 374 g/mol. The molecule has 1 heterocycles. The van der Waals surface area contributed by atoms with Gasteiger partial charge in [0.1, 0.15) is 5.75 Å². The van der Waals surface area contributed by atoms with Gasteiger partial charge >= 0.3 is 0 Å². The standard InChI is InChI=1S/C19H22N2O4S/c1-25-17-11-9-15(10-12-17)19(22)20-14-16-6-5-13-21(16)26(23,24)18-7-3-2-4-8-18/h2-4,7-12,16H,5-6,13-14H2,1H3,(H,20,22). The molecule has 1 N–H and O–H groups in total. The van der Waals surface area contributed by atoms with E-state index in [0.717, 1.165) is 12.8 Å². The molecule has 2 aromatic carbocycles. The fraction of sp³-hybridized carbons (Fsp3) is 0.316. The minimum atomic E-state index is -3.54. The molecule has 6 nitrogen and oxygen atoms in total. The van der Waals surface area contributed by atoms with Gasteiger partial charge in [-0.3, -0.25) is 4.79 Å². The van der Waals surface area contributed by atoms with Crippen molar-refractivity contribution in [3.8, 4) is 5.75 Å². The third-order valence-corrected chi connectivity index (χ3v) is 6.49. The van der Waals surface area contributed by atoms with Crippen LogP contribution < -0.4 is 10.1 Å². The van der Waals surface area contributed by atoms with Crippen molar-refractivity contribution in [1.29, 1.82) is 0 Å². The topological polar surface area (TPSA) is 75.7 Å². The zero-order valence-corrected chi connectivity index (χ0v) is 15.4. The molecule has 0 saturated carbocycles. The summed E-state index contributed by atoms with van der Waals surface area (Å²) in [4.78, 5) is 12.6. The first-order valence-corrected chi connectivity index (χ1v) is 9.95. The lowest BCUT2D eigenvalue weighted by Gasteiger charge is -2.24. The second-order valence-corrected chi connectivity index (χ2v) is 8.05. The number of benzene rings is 2. The molecule has 1 aliphatic heterocycles. The summed E-state index contributed by atoms with van der Waals surface area (Å²) in [5, 5.41) is 2.85. The number of sulfonamides is 1. The lowest BCUT2D eigenvalue weighted by Crippen LogP contribution is -2.43. The molecule has 3 rings (SSSR count). The van der Waals surface area contributed by atoms with Crippen LogP contribution in [0, 0.1) is 0 Å². The first-order chi connectivity index (χ1) is 12.5. The maximum absolute atomic E-state index is 12.8. The molecule has 0 aromatic heterocycles. The van der Waals surface area contributed by atoms with Gasteiger partial charge in [0.2, 0.25) is 10.0 Å². The van der Waals surface area contributed by atoms with Gasteiger partial charge in [-0.1, -0.05) is 18.2 Å². The van der Waals surface area contributed by atoms with Crippen molar-refractivity contribution in [1.82, 2.24) is 9.62 Å². The van der Waals surface area contributed by atoms with Crippen molar-refractivity contribution in [2.75, 3.05) is 20.2 Å². The van der Waals surface area contributed by atoms with Crippen molar-refractivity contribution in [2.45, 2.75) is 23.8 Å². The van der Waals surface area contributed by atoms with E-state index in [1.165, 1.54) is 4.31 Å². The van der Waals surface area contributed by atoms with Gasteiger partial charge in [-0.2, -0.15) is 4.31 Å². The second kappa shape index (κ2) is 7.88. The Morgan fingerprint density at radius 3 is 2.50 bits per heavy atom.